The van der Waals surface area contributed by atoms with Crippen LogP contribution in [0.15, 0.2) is 0 Å². The number of nitrogens with zero attached hydrogens (tertiary/aromatic N) is 3. The van der Waals surface area contributed by atoms with Crippen LogP contribution < -0.4 is 10.6 Å². The van der Waals surface area contributed by atoms with Crippen molar-refractivity contribution in [3.05, 3.63) is 5.69 Å². The van der Waals surface area contributed by atoms with Gasteiger partial charge in [-0.15, -0.1) is 0 Å². The van der Waals surface area contributed by atoms with Gasteiger partial charge in [-0.2, -0.15) is 5.10 Å². The number of anilines is 2. The highest BCUT2D eigenvalue weighted by molar-refractivity contribution is 5.66. The molecule has 1 aliphatic carbocycles. The number of aryl methyl sites for hydroxylation is 2. The average Bonchev–Trinajstić information content (AvgIpc) is 2.98. The Kier molecular flexibility index (Phi) is 3.19. The number of hydrogen-bond acceptors (Lipinski definition) is 3. The second kappa shape index (κ2) is 4.73. The van der Waals surface area contributed by atoms with E-state index in [1.807, 2.05) is 6.92 Å². The molecule has 1 aromatic rings. The maximum absolute atomic E-state index is 6.23. The fourth-order valence-corrected chi connectivity index (χ4v) is 3.96. The van der Waals surface area contributed by atoms with Crippen molar-refractivity contribution in [2.24, 2.45) is 5.41 Å². The highest BCUT2D eigenvalue weighted by Crippen LogP contribution is 2.47. The van der Waals surface area contributed by atoms with Crippen molar-refractivity contribution in [3.8, 4) is 0 Å². The zero-order valence-corrected chi connectivity index (χ0v) is 12.3. The molecule has 0 aromatic carbocycles. The van der Waals surface area contributed by atoms with Gasteiger partial charge >= 0.3 is 0 Å². The van der Waals surface area contributed by atoms with E-state index in [4.69, 9.17) is 5.73 Å². The maximum Gasteiger partial charge on any atom is 0.150 e. The molecule has 2 aliphatic rings. The highest BCUT2D eigenvalue weighted by atomic mass is 15.4. The van der Waals surface area contributed by atoms with Crippen molar-refractivity contribution < 1.29 is 0 Å². The Bertz CT molecular complexity index is 447. The Hall–Kier alpha value is -1.19. The van der Waals surface area contributed by atoms with Crippen LogP contribution in [0.2, 0.25) is 0 Å². The lowest BCUT2D eigenvalue weighted by molar-refractivity contribution is 0.225. The van der Waals surface area contributed by atoms with Crippen molar-refractivity contribution in [3.63, 3.8) is 0 Å². The van der Waals surface area contributed by atoms with Crippen LogP contribution in [0.4, 0.5) is 11.5 Å². The molecule has 106 valence electrons. The van der Waals surface area contributed by atoms with Gasteiger partial charge in [0.25, 0.3) is 0 Å². The Labute approximate surface area is 116 Å². The molecular weight excluding hydrogens is 236 g/mol. The summed E-state index contributed by atoms with van der Waals surface area (Å²) in [5.74, 6) is 1.16. The number of nitrogen functional groups attached to an aromatic ring is 1. The number of hydrogen-bond donors (Lipinski definition) is 1. The van der Waals surface area contributed by atoms with Crippen LogP contribution in [-0.4, -0.2) is 22.9 Å². The SMILES string of the molecule is CCn1nc(C)c(N)c1N1CCC2(CCCC2)CC1. The molecule has 4 heteroatoms. The van der Waals surface area contributed by atoms with E-state index in [0.717, 1.165) is 36.8 Å². The number of piperidine rings is 1. The molecule has 0 radical (unpaired) electrons. The van der Waals surface area contributed by atoms with Gasteiger partial charge in [-0.3, -0.25) is 0 Å². The second-order valence-corrected chi connectivity index (χ2v) is 6.33. The maximum atomic E-state index is 6.23. The number of aromatic nitrogens is 2. The molecular formula is C15H26N4. The smallest absolute Gasteiger partial charge is 0.150 e. The van der Waals surface area contributed by atoms with Gasteiger partial charge in [-0.05, 0) is 44.9 Å². The van der Waals surface area contributed by atoms with Gasteiger partial charge in [0.15, 0.2) is 5.82 Å². The number of rotatable bonds is 2. The molecule has 0 amide bonds. The summed E-state index contributed by atoms with van der Waals surface area (Å²) >= 11 is 0. The first-order valence-electron chi connectivity index (χ1n) is 7.73. The lowest BCUT2D eigenvalue weighted by Crippen LogP contribution is -2.40. The van der Waals surface area contributed by atoms with E-state index >= 15 is 0 Å². The van der Waals surface area contributed by atoms with Gasteiger partial charge in [0.2, 0.25) is 0 Å². The molecule has 0 bridgehead atoms. The van der Waals surface area contributed by atoms with Gasteiger partial charge in [-0.1, -0.05) is 12.8 Å². The van der Waals surface area contributed by atoms with Crippen LogP contribution in [0.3, 0.4) is 0 Å². The fourth-order valence-electron chi connectivity index (χ4n) is 3.96. The van der Waals surface area contributed by atoms with Crippen LogP contribution in [0.5, 0.6) is 0 Å². The molecule has 3 rings (SSSR count). The van der Waals surface area contributed by atoms with E-state index < -0.39 is 0 Å². The molecule has 1 spiro atoms. The molecule has 19 heavy (non-hydrogen) atoms. The zero-order valence-electron chi connectivity index (χ0n) is 12.3. The molecule has 2 heterocycles. The summed E-state index contributed by atoms with van der Waals surface area (Å²) in [4.78, 5) is 2.46. The van der Waals surface area contributed by atoms with E-state index in [1.54, 1.807) is 0 Å². The summed E-state index contributed by atoms with van der Waals surface area (Å²) in [6, 6.07) is 0. The van der Waals surface area contributed by atoms with Gasteiger partial charge in [0.05, 0.1) is 11.4 Å². The Balaban J connectivity index is 1.78. The molecule has 1 saturated carbocycles. The molecule has 1 saturated heterocycles. The first-order chi connectivity index (χ1) is 9.15. The summed E-state index contributed by atoms with van der Waals surface area (Å²) in [5.41, 5.74) is 8.74. The third-order valence-corrected chi connectivity index (χ3v) is 5.23. The van der Waals surface area contributed by atoms with Crippen molar-refractivity contribution in [1.82, 2.24) is 9.78 Å². The summed E-state index contributed by atoms with van der Waals surface area (Å²) < 4.78 is 2.07. The second-order valence-electron chi connectivity index (χ2n) is 6.33. The minimum absolute atomic E-state index is 0.664. The first kappa shape index (κ1) is 12.8. The molecule has 4 nitrogen and oxygen atoms in total. The fraction of sp³-hybridized carbons (Fsp3) is 0.800. The zero-order chi connectivity index (χ0) is 13.5. The highest BCUT2D eigenvalue weighted by Gasteiger charge is 2.37. The number of nitrogens with two attached hydrogens (primary N) is 1. The Morgan fingerprint density at radius 1 is 1.16 bits per heavy atom. The van der Waals surface area contributed by atoms with Crippen LogP contribution in [0, 0.1) is 12.3 Å². The van der Waals surface area contributed by atoms with Gasteiger partial charge in [0.1, 0.15) is 0 Å². The lowest BCUT2D eigenvalue weighted by atomic mass is 9.77. The van der Waals surface area contributed by atoms with Gasteiger partial charge in [-0.25, -0.2) is 4.68 Å². The minimum atomic E-state index is 0.664. The van der Waals surface area contributed by atoms with Crippen LogP contribution >= 0.6 is 0 Å². The molecule has 1 aromatic heterocycles. The molecule has 2 N–H and O–H groups in total. The molecule has 2 fully saturated rings. The monoisotopic (exact) mass is 262 g/mol. The topological polar surface area (TPSA) is 47.1 Å². The van der Waals surface area contributed by atoms with E-state index in [2.05, 4.69) is 21.6 Å². The summed E-state index contributed by atoms with van der Waals surface area (Å²) in [6.07, 6.45) is 8.44. The van der Waals surface area contributed by atoms with E-state index in [1.165, 1.54) is 38.5 Å². The van der Waals surface area contributed by atoms with Crippen LogP contribution in [0.25, 0.3) is 0 Å². The summed E-state index contributed by atoms with van der Waals surface area (Å²) in [5, 5.41) is 4.54. The summed E-state index contributed by atoms with van der Waals surface area (Å²) in [6.45, 7) is 7.34. The minimum Gasteiger partial charge on any atom is -0.394 e. The van der Waals surface area contributed by atoms with Crippen LogP contribution in [-0.2, 0) is 6.54 Å². The summed E-state index contributed by atoms with van der Waals surface area (Å²) in [7, 11) is 0. The van der Waals surface area contributed by atoms with Crippen molar-refractivity contribution in [2.75, 3.05) is 23.7 Å². The standard InChI is InChI=1S/C15H26N4/c1-3-19-14(13(16)12(2)17-19)18-10-8-15(9-11-18)6-4-5-7-15/h3-11,16H2,1-2H3. The van der Waals surface area contributed by atoms with Crippen molar-refractivity contribution in [1.29, 1.82) is 0 Å². The lowest BCUT2D eigenvalue weighted by Gasteiger charge is -2.40. The van der Waals surface area contributed by atoms with Crippen LogP contribution in [0.1, 0.15) is 51.1 Å². The predicted octanol–water partition coefficient (Wildman–Crippen LogP) is 2.95. The third kappa shape index (κ3) is 2.11. The Morgan fingerprint density at radius 3 is 2.37 bits per heavy atom. The van der Waals surface area contributed by atoms with Crippen molar-refractivity contribution >= 4 is 11.5 Å². The van der Waals surface area contributed by atoms with E-state index in [9.17, 15) is 0 Å². The first-order valence-corrected chi connectivity index (χ1v) is 7.73. The van der Waals surface area contributed by atoms with E-state index in [0.29, 0.717) is 5.41 Å². The van der Waals surface area contributed by atoms with Crippen molar-refractivity contribution in [2.45, 2.75) is 58.9 Å². The van der Waals surface area contributed by atoms with Gasteiger partial charge < -0.3 is 10.6 Å². The Morgan fingerprint density at radius 2 is 1.79 bits per heavy atom. The predicted molar refractivity (Wildman–Crippen MR) is 79.4 cm³/mol. The molecule has 1 aliphatic heterocycles. The van der Waals surface area contributed by atoms with Gasteiger partial charge in [0, 0.05) is 19.6 Å². The quantitative estimate of drug-likeness (QED) is 0.891. The largest absolute Gasteiger partial charge is 0.394 e. The van der Waals surface area contributed by atoms with E-state index in [-0.39, 0.29) is 0 Å². The normalized spacial score (nSPS) is 22.3. The third-order valence-electron chi connectivity index (χ3n) is 5.23. The molecule has 0 unspecified atom stereocenters. The molecule has 0 atom stereocenters. The average molecular weight is 262 g/mol.